The van der Waals surface area contributed by atoms with Crippen molar-refractivity contribution >= 4 is 17.5 Å². The predicted molar refractivity (Wildman–Crippen MR) is 70.8 cm³/mol. The fourth-order valence-corrected chi connectivity index (χ4v) is 1.60. The molecule has 4 heteroatoms. The maximum Gasteiger partial charge on any atom is 0.224 e. The van der Waals surface area contributed by atoms with Crippen molar-refractivity contribution in [2.75, 3.05) is 7.05 Å². The van der Waals surface area contributed by atoms with Crippen LogP contribution in [0.3, 0.4) is 0 Å². The van der Waals surface area contributed by atoms with E-state index in [0.717, 1.165) is 12.0 Å². The number of amides is 1. The van der Waals surface area contributed by atoms with Gasteiger partial charge >= 0.3 is 0 Å². The Labute approximate surface area is 108 Å². The van der Waals surface area contributed by atoms with Crippen LogP contribution < -0.4 is 5.73 Å². The lowest BCUT2D eigenvalue weighted by Gasteiger charge is -2.19. The molecular formula is C13H19ClN2O. The molecule has 0 saturated heterocycles. The van der Waals surface area contributed by atoms with Crippen molar-refractivity contribution < 1.29 is 4.79 Å². The van der Waals surface area contributed by atoms with Gasteiger partial charge in [0.25, 0.3) is 0 Å². The van der Waals surface area contributed by atoms with Gasteiger partial charge in [-0.05, 0) is 24.1 Å². The van der Waals surface area contributed by atoms with Crippen LogP contribution in [0, 0.1) is 0 Å². The summed E-state index contributed by atoms with van der Waals surface area (Å²) in [5.41, 5.74) is 6.83. The second-order valence-electron chi connectivity index (χ2n) is 4.25. The highest BCUT2D eigenvalue weighted by atomic mass is 35.5. The van der Waals surface area contributed by atoms with Crippen molar-refractivity contribution in [2.24, 2.45) is 5.73 Å². The minimum Gasteiger partial charge on any atom is -0.341 e. The number of benzene rings is 1. The third-order valence-electron chi connectivity index (χ3n) is 2.72. The number of nitrogens with zero attached hydrogens (tertiary/aromatic N) is 1. The van der Waals surface area contributed by atoms with Crippen LogP contribution in [-0.2, 0) is 11.3 Å². The fourth-order valence-electron chi connectivity index (χ4n) is 1.48. The van der Waals surface area contributed by atoms with Crippen LogP contribution in [0.25, 0.3) is 0 Å². The molecule has 1 atom stereocenters. The number of halogens is 1. The smallest absolute Gasteiger partial charge is 0.224 e. The summed E-state index contributed by atoms with van der Waals surface area (Å²) in [6, 6.07) is 7.45. The van der Waals surface area contributed by atoms with Crippen molar-refractivity contribution in [3.8, 4) is 0 Å². The summed E-state index contributed by atoms with van der Waals surface area (Å²) in [7, 11) is 1.79. The van der Waals surface area contributed by atoms with Crippen molar-refractivity contribution in [3.63, 3.8) is 0 Å². The monoisotopic (exact) mass is 254 g/mol. The first kappa shape index (κ1) is 14.0. The molecular weight excluding hydrogens is 236 g/mol. The van der Waals surface area contributed by atoms with Gasteiger partial charge in [0.1, 0.15) is 0 Å². The maximum atomic E-state index is 11.8. The highest BCUT2D eigenvalue weighted by Gasteiger charge is 2.12. The number of hydrogen-bond acceptors (Lipinski definition) is 2. The van der Waals surface area contributed by atoms with Crippen molar-refractivity contribution in [3.05, 3.63) is 34.9 Å². The molecule has 94 valence electrons. The fraction of sp³-hybridized carbons (Fsp3) is 0.462. The molecule has 1 aromatic carbocycles. The zero-order valence-electron chi connectivity index (χ0n) is 10.3. The molecule has 0 spiro atoms. The first-order valence-electron chi connectivity index (χ1n) is 5.77. The molecule has 0 aromatic heterocycles. The largest absolute Gasteiger partial charge is 0.341 e. The van der Waals surface area contributed by atoms with Gasteiger partial charge in [-0.25, -0.2) is 0 Å². The molecule has 3 nitrogen and oxygen atoms in total. The molecule has 1 unspecified atom stereocenters. The van der Waals surface area contributed by atoms with E-state index in [1.165, 1.54) is 0 Å². The first-order chi connectivity index (χ1) is 8.02. The molecule has 0 fully saturated rings. The normalized spacial score (nSPS) is 12.2. The van der Waals surface area contributed by atoms with E-state index in [1.54, 1.807) is 11.9 Å². The second-order valence-corrected chi connectivity index (χ2v) is 4.69. The average Bonchev–Trinajstić information content (AvgIpc) is 2.31. The standard InChI is InChI=1S/C13H19ClN2O/c1-3-12(15)8-13(17)16(2)9-10-4-6-11(14)7-5-10/h4-7,12H,3,8-9,15H2,1-2H3. The molecule has 0 radical (unpaired) electrons. The Morgan fingerprint density at radius 2 is 2.00 bits per heavy atom. The Bertz CT molecular complexity index is 364. The van der Waals surface area contributed by atoms with Gasteiger partial charge in [-0.2, -0.15) is 0 Å². The van der Waals surface area contributed by atoms with Crippen molar-refractivity contribution in [2.45, 2.75) is 32.4 Å². The molecule has 0 bridgehead atoms. The van der Waals surface area contributed by atoms with Crippen LogP contribution in [0.15, 0.2) is 24.3 Å². The van der Waals surface area contributed by atoms with Gasteiger partial charge in [0, 0.05) is 31.1 Å². The minimum atomic E-state index is -0.0461. The number of nitrogens with two attached hydrogens (primary N) is 1. The van der Waals surface area contributed by atoms with Gasteiger partial charge in [-0.3, -0.25) is 4.79 Å². The minimum absolute atomic E-state index is 0.0461. The molecule has 1 amide bonds. The Morgan fingerprint density at radius 3 is 2.53 bits per heavy atom. The highest BCUT2D eigenvalue weighted by Crippen LogP contribution is 2.11. The Balaban J connectivity index is 2.51. The molecule has 0 aliphatic carbocycles. The summed E-state index contributed by atoms with van der Waals surface area (Å²) in [5.74, 6) is 0.0781. The van der Waals surface area contributed by atoms with Gasteiger partial charge in [0.2, 0.25) is 5.91 Å². The number of carbonyl (C=O) groups excluding carboxylic acids is 1. The lowest BCUT2D eigenvalue weighted by molar-refractivity contribution is -0.130. The molecule has 0 aliphatic rings. The van der Waals surface area contributed by atoms with Crippen LogP contribution in [0.1, 0.15) is 25.3 Å². The summed E-state index contributed by atoms with van der Waals surface area (Å²) >= 11 is 5.80. The van der Waals surface area contributed by atoms with E-state index in [0.29, 0.717) is 18.0 Å². The summed E-state index contributed by atoms with van der Waals surface area (Å²) in [4.78, 5) is 13.5. The predicted octanol–water partition coefficient (Wildman–Crippen LogP) is 2.43. The third-order valence-corrected chi connectivity index (χ3v) is 2.97. The quantitative estimate of drug-likeness (QED) is 0.877. The molecule has 1 aromatic rings. The van der Waals surface area contributed by atoms with Crippen LogP contribution in [0.4, 0.5) is 0 Å². The summed E-state index contributed by atoms with van der Waals surface area (Å²) in [6.07, 6.45) is 1.22. The number of carbonyl (C=O) groups is 1. The van der Waals surface area contributed by atoms with Crippen molar-refractivity contribution in [1.29, 1.82) is 0 Å². The lowest BCUT2D eigenvalue weighted by Crippen LogP contribution is -2.32. The van der Waals surface area contributed by atoms with E-state index in [1.807, 2.05) is 31.2 Å². The number of rotatable bonds is 5. The van der Waals surface area contributed by atoms with Gasteiger partial charge in [0.05, 0.1) is 0 Å². The van der Waals surface area contributed by atoms with Gasteiger partial charge in [-0.15, -0.1) is 0 Å². The maximum absolute atomic E-state index is 11.8. The van der Waals surface area contributed by atoms with Gasteiger partial charge < -0.3 is 10.6 Å². The van der Waals surface area contributed by atoms with Crippen LogP contribution >= 0.6 is 11.6 Å². The summed E-state index contributed by atoms with van der Waals surface area (Å²) in [5, 5.41) is 0.704. The Morgan fingerprint density at radius 1 is 1.41 bits per heavy atom. The molecule has 0 heterocycles. The summed E-state index contributed by atoms with van der Waals surface area (Å²) < 4.78 is 0. The lowest BCUT2D eigenvalue weighted by atomic mass is 10.1. The van der Waals surface area contributed by atoms with E-state index in [9.17, 15) is 4.79 Å². The summed E-state index contributed by atoms with van der Waals surface area (Å²) in [6.45, 7) is 2.57. The zero-order valence-corrected chi connectivity index (χ0v) is 11.1. The van der Waals surface area contributed by atoms with Gasteiger partial charge in [0.15, 0.2) is 0 Å². The molecule has 1 rings (SSSR count). The van der Waals surface area contributed by atoms with E-state index in [4.69, 9.17) is 17.3 Å². The van der Waals surface area contributed by atoms with E-state index < -0.39 is 0 Å². The highest BCUT2D eigenvalue weighted by molar-refractivity contribution is 6.30. The van der Waals surface area contributed by atoms with Crippen LogP contribution in [0.2, 0.25) is 5.02 Å². The molecule has 0 aliphatic heterocycles. The molecule has 2 N–H and O–H groups in total. The van der Waals surface area contributed by atoms with Crippen molar-refractivity contribution in [1.82, 2.24) is 4.90 Å². The third kappa shape index (κ3) is 4.75. The molecule has 0 saturated carbocycles. The zero-order chi connectivity index (χ0) is 12.8. The number of hydrogen-bond donors (Lipinski definition) is 1. The van der Waals surface area contributed by atoms with E-state index in [2.05, 4.69) is 0 Å². The Kier molecular flexibility index (Phi) is 5.45. The first-order valence-corrected chi connectivity index (χ1v) is 6.14. The average molecular weight is 255 g/mol. The van der Waals surface area contributed by atoms with E-state index >= 15 is 0 Å². The van der Waals surface area contributed by atoms with Gasteiger partial charge in [-0.1, -0.05) is 30.7 Å². The van der Waals surface area contributed by atoms with Crippen LogP contribution in [-0.4, -0.2) is 23.9 Å². The topological polar surface area (TPSA) is 46.3 Å². The van der Waals surface area contributed by atoms with Crippen LogP contribution in [0.5, 0.6) is 0 Å². The molecule has 17 heavy (non-hydrogen) atoms. The Hall–Kier alpha value is -1.06. The van der Waals surface area contributed by atoms with E-state index in [-0.39, 0.29) is 11.9 Å². The second kappa shape index (κ2) is 6.62. The SMILES string of the molecule is CCC(N)CC(=O)N(C)Cc1ccc(Cl)cc1.